The summed E-state index contributed by atoms with van der Waals surface area (Å²) in [7, 11) is 1.55. The number of rotatable bonds is 6. The molecule has 20 heavy (non-hydrogen) atoms. The van der Waals surface area contributed by atoms with Gasteiger partial charge in [0.05, 0.1) is 6.61 Å². The fourth-order valence-electron chi connectivity index (χ4n) is 1.62. The van der Waals surface area contributed by atoms with Crippen molar-refractivity contribution in [2.24, 2.45) is 5.84 Å². The summed E-state index contributed by atoms with van der Waals surface area (Å²) in [5, 5.41) is 9.10. The number of nitrogens with one attached hydrogen (secondary N) is 1. The fourth-order valence-corrected chi connectivity index (χ4v) is 1.62. The second kappa shape index (κ2) is 6.80. The Bertz CT molecular complexity index is 577. The molecule has 1 heterocycles. The molecule has 0 fully saturated rings. The van der Waals surface area contributed by atoms with Crippen LogP contribution in [0.25, 0.3) is 0 Å². The summed E-state index contributed by atoms with van der Waals surface area (Å²) in [4.78, 5) is 8.33. The minimum atomic E-state index is -0.0501. The first-order valence-corrected chi connectivity index (χ1v) is 5.96. The van der Waals surface area contributed by atoms with Crippen molar-refractivity contribution in [3.05, 3.63) is 41.7 Å². The quantitative estimate of drug-likeness (QED) is 0.538. The molecule has 0 radical (unpaired) electrons. The van der Waals surface area contributed by atoms with Crippen molar-refractivity contribution in [2.45, 2.75) is 13.2 Å². The molecular weight excluding hydrogens is 260 g/mol. The number of aromatic nitrogens is 2. The number of anilines is 1. The Labute approximate surface area is 116 Å². The van der Waals surface area contributed by atoms with Gasteiger partial charge in [0.2, 0.25) is 5.88 Å². The zero-order valence-electron chi connectivity index (χ0n) is 11.0. The normalized spacial score (nSPS) is 10.3. The van der Waals surface area contributed by atoms with E-state index in [-0.39, 0.29) is 13.2 Å². The van der Waals surface area contributed by atoms with E-state index in [1.54, 1.807) is 37.4 Å². The molecule has 0 spiro atoms. The van der Waals surface area contributed by atoms with Crippen LogP contribution in [0.2, 0.25) is 0 Å². The third-order valence-corrected chi connectivity index (χ3v) is 2.47. The largest absolute Gasteiger partial charge is 0.439 e. The van der Waals surface area contributed by atoms with Crippen molar-refractivity contribution < 1.29 is 14.6 Å². The van der Waals surface area contributed by atoms with Gasteiger partial charge in [-0.05, 0) is 17.7 Å². The van der Waals surface area contributed by atoms with E-state index in [9.17, 15) is 0 Å². The van der Waals surface area contributed by atoms with Crippen molar-refractivity contribution in [3.8, 4) is 11.6 Å². The highest BCUT2D eigenvalue weighted by Gasteiger charge is 2.06. The van der Waals surface area contributed by atoms with Gasteiger partial charge >= 0.3 is 0 Å². The van der Waals surface area contributed by atoms with Crippen LogP contribution in [0.15, 0.2) is 30.3 Å². The van der Waals surface area contributed by atoms with Crippen LogP contribution in [0.5, 0.6) is 11.6 Å². The molecule has 106 valence electrons. The van der Waals surface area contributed by atoms with Gasteiger partial charge in [0.25, 0.3) is 0 Å². The summed E-state index contributed by atoms with van der Waals surface area (Å²) in [6.07, 6.45) is 0. The summed E-state index contributed by atoms with van der Waals surface area (Å²) in [6, 6.07) is 8.67. The van der Waals surface area contributed by atoms with Crippen LogP contribution in [0.1, 0.15) is 11.4 Å². The van der Waals surface area contributed by atoms with Crippen LogP contribution in [0.4, 0.5) is 5.82 Å². The number of benzene rings is 1. The van der Waals surface area contributed by atoms with Crippen LogP contribution in [-0.2, 0) is 18.0 Å². The van der Waals surface area contributed by atoms with Crippen LogP contribution in [0.3, 0.4) is 0 Å². The predicted molar refractivity (Wildman–Crippen MR) is 73.0 cm³/mol. The molecule has 0 bridgehead atoms. The predicted octanol–water partition coefficient (Wildman–Crippen LogP) is 1.19. The van der Waals surface area contributed by atoms with Gasteiger partial charge in [0.1, 0.15) is 18.2 Å². The average molecular weight is 276 g/mol. The Morgan fingerprint density at radius 1 is 1.30 bits per heavy atom. The molecule has 7 nitrogen and oxygen atoms in total. The van der Waals surface area contributed by atoms with Crippen LogP contribution in [-0.4, -0.2) is 22.2 Å². The maximum atomic E-state index is 9.10. The minimum Gasteiger partial charge on any atom is -0.439 e. The highest BCUT2D eigenvalue weighted by atomic mass is 16.5. The Hall–Kier alpha value is -2.22. The number of hydrazine groups is 1. The molecule has 0 saturated carbocycles. The maximum Gasteiger partial charge on any atom is 0.224 e. The highest BCUT2D eigenvalue weighted by Crippen LogP contribution is 2.22. The smallest absolute Gasteiger partial charge is 0.224 e. The third kappa shape index (κ3) is 3.64. The number of ether oxygens (including phenoxy) is 2. The second-order valence-electron chi connectivity index (χ2n) is 3.99. The Balaban J connectivity index is 2.24. The van der Waals surface area contributed by atoms with Crippen molar-refractivity contribution in [1.29, 1.82) is 0 Å². The Morgan fingerprint density at radius 3 is 2.85 bits per heavy atom. The van der Waals surface area contributed by atoms with E-state index < -0.39 is 0 Å². The lowest BCUT2D eigenvalue weighted by atomic mass is 10.2. The highest BCUT2D eigenvalue weighted by molar-refractivity contribution is 5.39. The summed E-state index contributed by atoms with van der Waals surface area (Å²) in [5.41, 5.74) is 3.20. The summed E-state index contributed by atoms with van der Waals surface area (Å²) in [5.74, 6) is 7.15. The van der Waals surface area contributed by atoms with Crippen LogP contribution < -0.4 is 16.0 Å². The van der Waals surface area contributed by atoms with Gasteiger partial charge in [0.15, 0.2) is 5.82 Å². The van der Waals surface area contributed by atoms with E-state index in [0.29, 0.717) is 23.3 Å². The molecule has 1 aromatic carbocycles. The fraction of sp³-hybridized carbons (Fsp3) is 0.231. The number of nitrogen functional groups attached to an aromatic ring is 1. The maximum absolute atomic E-state index is 9.10. The van der Waals surface area contributed by atoms with Crippen molar-refractivity contribution >= 4 is 5.82 Å². The van der Waals surface area contributed by atoms with Crippen LogP contribution in [0, 0.1) is 0 Å². The number of hydrogen-bond acceptors (Lipinski definition) is 7. The lowest BCUT2D eigenvalue weighted by Gasteiger charge is -2.09. The van der Waals surface area contributed by atoms with Gasteiger partial charge in [-0.15, -0.1) is 0 Å². The molecule has 0 aliphatic carbocycles. The molecule has 0 aliphatic heterocycles. The average Bonchev–Trinajstić information content (AvgIpc) is 2.47. The summed E-state index contributed by atoms with van der Waals surface area (Å²) >= 11 is 0. The van der Waals surface area contributed by atoms with E-state index in [1.807, 2.05) is 0 Å². The van der Waals surface area contributed by atoms with Gasteiger partial charge in [-0.2, -0.15) is 4.98 Å². The van der Waals surface area contributed by atoms with E-state index >= 15 is 0 Å². The first kappa shape index (κ1) is 14.2. The molecular formula is C13H16N4O3. The van der Waals surface area contributed by atoms with Gasteiger partial charge in [-0.3, -0.25) is 0 Å². The zero-order valence-corrected chi connectivity index (χ0v) is 11.0. The van der Waals surface area contributed by atoms with Crippen molar-refractivity contribution in [1.82, 2.24) is 9.97 Å². The van der Waals surface area contributed by atoms with E-state index in [0.717, 1.165) is 5.56 Å². The number of nitrogens with zero attached hydrogens (tertiary/aromatic N) is 2. The Morgan fingerprint density at radius 2 is 2.15 bits per heavy atom. The molecule has 1 aromatic heterocycles. The standard InChI is InChI=1S/C13H16N4O3/c1-19-8-12-15-11(17-14)6-13(16-12)20-10-4-2-3-9(5-10)7-18/h2-6,18H,7-8,14H2,1H3,(H,15,16,17). The Kier molecular flexibility index (Phi) is 4.83. The summed E-state index contributed by atoms with van der Waals surface area (Å²) < 4.78 is 10.6. The SMILES string of the molecule is COCc1nc(NN)cc(Oc2cccc(CO)c2)n1. The topological polar surface area (TPSA) is 103 Å². The number of nitrogens with two attached hydrogens (primary N) is 1. The lowest BCUT2D eigenvalue weighted by molar-refractivity contribution is 0.177. The van der Waals surface area contributed by atoms with Crippen molar-refractivity contribution in [3.63, 3.8) is 0 Å². The minimum absolute atomic E-state index is 0.0501. The van der Waals surface area contributed by atoms with Gasteiger partial charge in [-0.25, -0.2) is 10.8 Å². The van der Waals surface area contributed by atoms with E-state index in [2.05, 4.69) is 15.4 Å². The number of aliphatic hydroxyl groups is 1. The van der Waals surface area contributed by atoms with Crippen LogP contribution >= 0.6 is 0 Å². The first-order valence-electron chi connectivity index (χ1n) is 5.96. The molecule has 2 aromatic rings. The van der Waals surface area contributed by atoms with Gasteiger partial charge < -0.3 is 20.0 Å². The molecule has 2 rings (SSSR count). The number of hydrogen-bond donors (Lipinski definition) is 3. The zero-order chi connectivity index (χ0) is 14.4. The monoisotopic (exact) mass is 276 g/mol. The molecule has 7 heteroatoms. The number of aliphatic hydroxyl groups excluding tert-OH is 1. The van der Waals surface area contributed by atoms with E-state index in [1.165, 1.54) is 0 Å². The molecule has 0 saturated heterocycles. The first-order chi connectivity index (χ1) is 9.75. The molecule has 0 aliphatic rings. The molecule has 0 atom stereocenters. The third-order valence-electron chi connectivity index (χ3n) is 2.47. The molecule has 0 unspecified atom stereocenters. The molecule has 4 N–H and O–H groups in total. The van der Waals surface area contributed by atoms with E-state index in [4.69, 9.17) is 20.4 Å². The van der Waals surface area contributed by atoms with Gasteiger partial charge in [0, 0.05) is 13.2 Å². The van der Waals surface area contributed by atoms with Crippen molar-refractivity contribution in [2.75, 3.05) is 12.5 Å². The lowest BCUT2D eigenvalue weighted by Crippen LogP contribution is -2.11. The number of methoxy groups -OCH3 is 1. The summed E-state index contributed by atoms with van der Waals surface area (Å²) in [6.45, 7) is 0.202. The molecule has 0 amide bonds. The van der Waals surface area contributed by atoms with Gasteiger partial charge in [-0.1, -0.05) is 12.1 Å². The second-order valence-corrected chi connectivity index (χ2v) is 3.99.